The van der Waals surface area contributed by atoms with Crippen LogP contribution in [0.4, 0.5) is 0 Å². The van der Waals surface area contributed by atoms with Crippen molar-refractivity contribution in [1.82, 2.24) is 9.66 Å². The first-order chi connectivity index (χ1) is 13.3. The highest BCUT2D eigenvalue weighted by molar-refractivity contribution is 9.10. The molecule has 1 aromatic heterocycles. The van der Waals surface area contributed by atoms with Crippen LogP contribution in [-0.2, 0) is 5.41 Å². The molecule has 0 aliphatic heterocycles. The Kier molecular flexibility index (Phi) is 5.61. The normalized spacial score (nSPS) is 11.7. The Morgan fingerprint density at radius 3 is 2.79 bits per heavy atom. The van der Waals surface area contributed by atoms with Gasteiger partial charge in [-0.3, -0.25) is 4.79 Å². The van der Waals surface area contributed by atoms with Gasteiger partial charge in [-0.15, -0.1) is 0 Å². The Morgan fingerprint density at radius 2 is 2.07 bits per heavy atom. The number of nitrogens with zero attached hydrogens (tertiary/aromatic N) is 4. The van der Waals surface area contributed by atoms with Crippen molar-refractivity contribution in [2.24, 2.45) is 5.10 Å². The predicted octanol–water partition coefficient (Wildman–Crippen LogP) is 4.24. The fraction of sp³-hybridized carbons (Fsp3) is 0.238. The van der Waals surface area contributed by atoms with Crippen molar-refractivity contribution in [3.63, 3.8) is 0 Å². The van der Waals surface area contributed by atoms with E-state index >= 15 is 0 Å². The van der Waals surface area contributed by atoms with E-state index in [0.29, 0.717) is 22.5 Å². The Hall–Kier alpha value is -2.98. The molecule has 0 fully saturated rings. The Balaban J connectivity index is 2.11. The third-order valence-corrected chi connectivity index (χ3v) is 4.46. The minimum Gasteiger partial charge on any atom is -0.479 e. The molecule has 142 valence electrons. The molecule has 28 heavy (non-hydrogen) atoms. The molecule has 0 amide bonds. The van der Waals surface area contributed by atoms with Crippen molar-refractivity contribution in [2.45, 2.75) is 26.2 Å². The first kappa shape index (κ1) is 19.8. The predicted molar refractivity (Wildman–Crippen MR) is 113 cm³/mol. The number of nitriles is 1. The quantitative estimate of drug-likeness (QED) is 0.570. The number of rotatable bonds is 4. The van der Waals surface area contributed by atoms with Crippen LogP contribution in [0.1, 0.15) is 32.2 Å². The van der Waals surface area contributed by atoms with Gasteiger partial charge in [-0.1, -0.05) is 48.8 Å². The fourth-order valence-electron chi connectivity index (χ4n) is 2.67. The number of aromatic nitrogens is 2. The smallest absolute Gasteiger partial charge is 0.282 e. The molecule has 2 aromatic carbocycles. The summed E-state index contributed by atoms with van der Waals surface area (Å²) >= 11 is 3.40. The molecule has 3 rings (SSSR count). The van der Waals surface area contributed by atoms with E-state index in [2.05, 4.69) is 26.0 Å². The first-order valence-corrected chi connectivity index (χ1v) is 9.46. The minimum atomic E-state index is -0.379. The van der Waals surface area contributed by atoms with Crippen LogP contribution in [0, 0.1) is 11.3 Å². The molecule has 0 aliphatic carbocycles. The van der Waals surface area contributed by atoms with Crippen molar-refractivity contribution < 1.29 is 4.74 Å². The molecule has 0 unspecified atom stereocenters. The highest BCUT2D eigenvalue weighted by Gasteiger charge is 2.22. The molecular weight excluding hydrogens is 420 g/mol. The zero-order valence-corrected chi connectivity index (χ0v) is 17.4. The summed E-state index contributed by atoms with van der Waals surface area (Å²) in [5, 5.41) is 13.6. The second-order valence-electron chi connectivity index (χ2n) is 7.23. The number of ether oxygens (including phenoxy) is 1. The van der Waals surface area contributed by atoms with Gasteiger partial charge in [-0.2, -0.15) is 15.0 Å². The molecule has 0 atom stereocenters. The maximum absolute atomic E-state index is 13.1. The largest absolute Gasteiger partial charge is 0.479 e. The lowest BCUT2D eigenvalue weighted by atomic mass is 9.95. The van der Waals surface area contributed by atoms with Crippen molar-refractivity contribution in [3.05, 3.63) is 68.7 Å². The van der Waals surface area contributed by atoms with E-state index in [1.54, 1.807) is 30.5 Å². The van der Waals surface area contributed by atoms with Crippen molar-refractivity contribution in [2.75, 3.05) is 6.61 Å². The van der Waals surface area contributed by atoms with E-state index < -0.39 is 0 Å². The number of halogens is 1. The van der Waals surface area contributed by atoms with Gasteiger partial charge in [0, 0.05) is 9.89 Å². The summed E-state index contributed by atoms with van der Waals surface area (Å²) in [4.78, 5) is 17.8. The molecule has 0 aliphatic rings. The summed E-state index contributed by atoms with van der Waals surface area (Å²) in [6.07, 6.45) is 1.58. The van der Waals surface area contributed by atoms with Gasteiger partial charge in [0.1, 0.15) is 17.6 Å². The van der Waals surface area contributed by atoms with Crippen LogP contribution in [0.3, 0.4) is 0 Å². The Labute approximate surface area is 171 Å². The molecule has 0 saturated heterocycles. The number of fused-ring (bicyclic) bond motifs is 1. The Morgan fingerprint density at radius 1 is 1.29 bits per heavy atom. The number of benzene rings is 2. The lowest BCUT2D eigenvalue weighted by Gasteiger charge is -2.20. The van der Waals surface area contributed by atoms with Crippen molar-refractivity contribution >= 4 is 33.0 Å². The van der Waals surface area contributed by atoms with Crippen LogP contribution in [0.25, 0.3) is 10.9 Å². The van der Waals surface area contributed by atoms with Gasteiger partial charge in [-0.25, -0.2) is 4.98 Å². The summed E-state index contributed by atoms with van der Waals surface area (Å²) in [5.41, 5.74) is 0.771. The second-order valence-corrected chi connectivity index (χ2v) is 8.14. The molecule has 0 radical (unpaired) electrons. The van der Waals surface area contributed by atoms with E-state index in [0.717, 1.165) is 10.0 Å². The summed E-state index contributed by atoms with van der Waals surface area (Å²) < 4.78 is 7.46. The molecule has 3 aromatic rings. The van der Waals surface area contributed by atoms with Crippen molar-refractivity contribution in [1.29, 1.82) is 5.26 Å². The molecule has 0 bridgehead atoms. The lowest BCUT2D eigenvalue weighted by molar-refractivity contribution is 0.368. The summed E-state index contributed by atoms with van der Waals surface area (Å²) in [5.74, 6) is 1.13. The maximum Gasteiger partial charge on any atom is 0.282 e. The third kappa shape index (κ3) is 4.29. The number of hydrogen-bond acceptors (Lipinski definition) is 5. The summed E-state index contributed by atoms with van der Waals surface area (Å²) in [6, 6.07) is 14.5. The Bertz CT molecular complexity index is 1150. The van der Waals surface area contributed by atoms with Crippen molar-refractivity contribution in [3.8, 4) is 11.8 Å². The van der Waals surface area contributed by atoms with Gasteiger partial charge in [0.15, 0.2) is 6.61 Å². The molecule has 0 N–H and O–H groups in total. The topological polar surface area (TPSA) is 80.3 Å². The van der Waals surface area contributed by atoms with Crippen LogP contribution in [0.5, 0.6) is 5.75 Å². The van der Waals surface area contributed by atoms with Crippen LogP contribution >= 0.6 is 15.9 Å². The van der Waals surface area contributed by atoms with Gasteiger partial charge in [0.2, 0.25) is 0 Å². The maximum atomic E-state index is 13.1. The fourth-order valence-corrected chi connectivity index (χ4v) is 3.03. The molecular formula is C21H19BrN4O2. The van der Waals surface area contributed by atoms with E-state index in [1.807, 2.05) is 45.0 Å². The summed E-state index contributed by atoms with van der Waals surface area (Å²) in [7, 11) is 0. The van der Waals surface area contributed by atoms with E-state index in [9.17, 15) is 4.79 Å². The van der Waals surface area contributed by atoms with Crippen LogP contribution in [0.15, 0.2) is 56.8 Å². The minimum absolute atomic E-state index is 0.0301. The monoisotopic (exact) mass is 438 g/mol. The third-order valence-electron chi connectivity index (χ3n) is 3.96. The summed E-state index contributed by atoms with van der Waals surface area (Å²) in [6.45, 7) is 5.93. The van der Waals surface area contributed by atoms with Gasteiger partial charge in [0.25, 0.3) is 5.56 Å². The van der Waals surface area contributed by atoms with Crippen LogP contribution < -0.4 is 10.3 Å². The highest BCUT2D eigenvalue weighted by Crippen LogP contribution is 2.23. The van der Waals surface area contributed by atoms with Gasteiger partial charge in [0.05, 0.1) is 17.1 Å². The molecule has 1 heterocycles. The van der Waals surface area contributed by atoms with Crippen LogP contribution in [-0.4, -0.2) is 22.5 Å². The average molecular weight is 439 g/mol. The first-order valence-electron chi connectivity index (χ1n) is 8.66. The van der Waals surface area contributed by atoms with Gasteiger partial charge in [-0.05, 0) is 35.9 Å². The van der Waals surface area contributed by atoms with Gasteiger partial charge >= 0.3 is 0 Å². The van der Waals surface area contributed by atoms with E-state index in [4.69, 9.17) is 10.00 Å². The van der Waals surface area contributed by atoms with E-state index in [-0.39, 0.29) is 17.6 Å². The SMILES string of the molecule is CC(C)(C)c1nc2ccc(Br)cc2c(=O)n1N=Cc1cccc(OCC#N)c1. The zero-order chi connectivity index (χ0) is 20.3. The average Bonchev–Trinajstić information content (AvgIpc) is 2.65. The van der Waals surface area contributed by atoms with E-state index in [1.165, 1.54) is 4.68 Å². The standard InChI is InChI=1S/C21H19BrN4O2/c1-21(2,3)20-25-18-8-7-15(22)12-17(18)19(27)26(20)24-13-14-5-4-6-16(11-14)28-10-9-23/h4-8,11-13H,10H2,1-3H3. The zero-order valence-electron chi connectivity index (χ0n) is 15.8. The molecule has 6 nitrogen and oxygen atoms in total. The second kappa shape index (κ2) is 7.95. The van der Waals surface area contributed by atoms with Gasteiger partial charge < -0.3 is 4.74 Å². The molecule has 0 saturated carbocycles. The molecule has 0 spiro atoms. The van der Waals surface area contributed by atoms with Crippen LogP contribution in [0.2, 0.25) is 0 Å². The lowest BCUT2D eigenvalue weighted by Crippen LogP contribution is -2.29. The molecule has 7 heteroatoms. The highest BCUT2D eigenvalue weighted by atomic mass is 79.9. The number of hydrogen-bond donors (Lipinski definition) is 0.